The molecule has 0 amide bonds. The minimum absolute atomic E-state index is 0.0908. The lowest BCUT2D eigenvalue weighted by molar-refractivity contribution is 0.0191. The first-order valence-corrected chi connectivity index (χ1v) is 14.5. The number of aromatic nitrogens is 2. The zero-order valence-corrected chi connectivity index (χ0v) is 23.5. The van der Waals surface area contributed by atoms with Gasteiger partial charge in [-0.15, -0.1) is 0 Å². The summed E-state index contributed by atoms with van der Waals surface area (Å²) >= 11 is 14.2. The van der Waals surface area contributed by atoms with E-state index < -0.39 is 17.8 Å². The van der Waals surface area contributed by atoms with Gasteiger partial charge in [-0.3, -0.25) is 0 Å². The first kappa shape index (κ1) is 25.7. The van der Waals surface area contributed by atoms with E-state index in [0.717, 1.165) is 25.3 Å². The Labute approximate surface area is 241 Å². The second-order valence-corrected chi connectivity index (χ2v) is 12.2. The predicted octanol–water partition coefficient (Wildman–Crippen LogP) is 6.89. The van der Waals surface area contributed by atoms with Crippen LogP contribution in [0.4, 0.5) is 9.52 Å². The molecule has 2 saturated carbocycles. The van der Waals surface area contributed by atoms with Gasteiger partial charge in [0.1, 0.15) is 22.9 Å². The van der Waals surface area contributed by atoms with Crippen molar-refractivity contribution in [3.05, 3.63) is 63.1 Å². The molecular weight excluding hydrogens is 580 g/mol. The number of ether oxygens (including phenoxy) is 2. The molecule has 3 heterocycles. The molecule has 0 spiro atoms. The Morgan fingerprint density at radius 1 is 1.15 bits per heavy atom. The third-order valence-electron chi connectivity index (χ3n) is 7.91. The van der Waals surface area contributed by atoms with Crippen molar-refractivity contribution < 1.29 is 28.0 Å². The van der Waals surface area contributed by atoms with Crippen LogP contribution in [-0.2, 0) is 9.47 Å². The number of thiazole rings is 1. The molecule has 4 aromatic rings. The molecule has 0 radical (unpaired) electrons. The molecule has 2 bridgehead atoms. The number of benzene rings is 2. The first-order chi connectivity index (χ1) is 19.3. The van der Waals surface area contributed by atoms with Gasteiger partial charge in [0, 0.05) is 36.4 Å². The number of methoxy groups -OCH3 is 1. The van der Waals surface area contributed by atoms with Crippen molar-refractivity contribution >= 4 is 61.8 Å². The molecule has 3 fully saturated rings. The largest absolute Gasteiger partial charge is 0.465 e. The van der Waals surface area contributed by atoms with Gasteiger partial charge in [-0.25, -0.2) is 19.0 Å². The number of piperidine rings is 1. The summed E-state index contributed by atoms with van der Waals surface area (Å²) in [5.74, 6) is -0.920. The highest BCUT2D eigenvalue weighted by Gasteiger charge is 2.48. The zero-order chi connectivity index (χ0) is 27.7. The van der Waals surface area contributed by atoms with E-state index >= 15 is 0 Å². The van der Waals surface area contributed by atoms with Gasteiger partial charge in [0.05, 0.1) is 27.4 Å². The van der Waals surface area contributed by atoms with Gasteiger partial charge in [-0.05, 0) is 43.5 Å². The Morgan fingerprint density at radius 3 is 2.60 bits per heavy atom. The van der Waals surface area contributed by atoms with Crippen molar-refractivity contribution in [2.45, 2.75) is 43.7 Å². The van der Waals surface area contributed by atoms with E-state index in [0.29, 0.717) is 55.4 Å². The maximum atomic E-state index is 14.7. The fourth-order valence-corrected chi connectivity index (χ4v) is 7.51. The molecule has 0 N–H and O–H groups in total. The minimum Gasteiger partial charge on any atom is -0.465 e. The number of hydrogen-bond donors (Lipinski definition) is 0. The molecule has 2 aromatic heterocycles. The summed E-state index contributed by atoms with van der Waals surface area (Å²) in [6.07, 6.45) is 2.99. The second kappa shape index (κ2) is 9.71. The Balaban J connectivity index is 1.11. The molecule has 1 aliphatic heterocycles. The molecule has 1 saturated heterocycles. The third-order valence-corrected chi connectivity index (χ3v) is 9.58. The van der Waals surface area contributed by atoms with Crippen LogP contribution in [0.25, 0.3) is 21.5 Å². The quantitative estimate of drug-likeness (QED) is 0.221. The Morgan fingerprint density at radius 2 is 1.93 bits per heavy atom. The van der Waals surface area contributed by atoms with Crippen LogP contribution in [0.2, 0.25) is 10.0 Å². The van der Waals surface area contributed by atoms with Gasteiger partial charge >= 0.3 is 11.9 Å². The molecule has 8 nitrogen and oxygen atoms in total. The Hall–Kier alpha value is -3.21. The van der Waals surface area contributed by atoms with Gasteiger partial charge in [0.25, 0.3) is 0 Å². The van der Waals surface area contributed by atoms with Crippen LogP contribution in [0.5, 0.6) is 0 Å². The number of rotatable bonds is 6. The lowest BCUT2D eigenvalue weighted by Gasteiger charge is -2.31. The summed E-state index contributed by atoms with van der Waals surface area (Å²) in [6.45, 7) is 0.621. The maximum absolute atomic E-state index is 14.7. The summed E-state index contributed by atoms with van der Waals surface area (Å²) in [5.41, 5.74) is 1.42. The van der Waals surface area contributed by atoms with Crippen molar-refractivity contribution in [1.82, 2.24) is 10.1 Å². The molecule has 7 rings (SSSR count). The minimum atomic E-state index is -0.599. The number of halogens is 3. The summed E-state index contributed by atoms with van der Waals surface area (Å²) in [5, 5.41) is 5.62. The average molecular weight is 602 g/mol. The fourth-order valence-electron chi connectivity index (χ4n) is 5.84. The average Bonchev–Trinajstić information content (AvgIpc) is 3.26. The monoisotopic (exact) mass is 601 g/mol. The molecule has 40 heavy (non-hydrogen) atoms. The number of carbonyl (C=O) groups excluding carboxylic acids is 2. The van der Waals surface area contributed by atoms with Crippen LogP contribution < -0.4 is 4.90 Å². The smallest absolute Gasteiger partial charge is 0.344 e. The molecule has 2 aliphatic carbocycles. The van der Waals surface area contributed by atoms with Gasteiger partial charge in [0.2, 0.25) is 0 Å². The van der Waals surface area contributed by atoms with E-state index in [1.807, 2.05) is 0 Å². The summed E-state index contributed by atoms with van der Waals surface area (Å²) in [4.78, 5) is 32.2. The standard InChI is InChI=1S/C28H22Cl2FN3O5S/c1-37-26(35)13-8-18(31)23-20(9-13)40-28(32-23)34-11-14-7-15(34)10-19(14)38-27(36)22-24(33-39-25(22)12-5-6-12)21-16(29)3-2-4-17(21)30/h2-4,8-9,12,14-15,19H,5-7,10-11H2,1H3. The molecule has 3 atom stereocenters. The number of hydrogen-bond acceptors (Lipinski definition) is 9. The molecule has 3 aliphatic rings. The normalized spacial score (nSPS) is 21.8. The van der Waals surface area contributed by atoms with Gasteiger partial charge in [-0.1, -0.05) is 45.8 Å². The predicted molar refractivity (Wildman–Crippen MR) is 148 cm³/mol. The second-order valence-electron chi connectivity index (χ2n) is 10.4. The third kappa shape index (κ3) is 4.24. The van der Waals surface area contributed by atoms with Gasteiger partial charge in [0.15, 0.2) is 16.7 Å². The van der Waals surface area contributed by atoms with E-state index in [4.69, 9.17) is 37.2 Å². The lowest BCUT2D eigenvalue weighted by atomic mass is 10.0. The summed E-state index contributed by atoms with van der Waals surface area (Å²) in [6, 6.07) is 7.95. The van der Waals surface area contributed by atoms with Crippen LogP contribution in [0.3, 0.4) is 0 Å². The van der Waals surface area contributed by atoms with Crippen LogP contribution in [0, 0.1) is 11.7 Å². The fraction of sp³-hybridized carbons (Fsp3) is 0.357. The van der Waals surface area contributed by atoms with Crippen LogP contribution >= 0.6 is 34.5 Å². The first-order valence-electron chi connectivity index (χ1n) is 12.9. The van der Waals surface area contributed by atoms with Gasteiger partial charge in [-0.2, -0.15) is 0 Å². The van der Waals surface area contributed by atoms with Crippen LogP contribution in [0.15, 0.2) is 34.9 Å². The van der Waals surface area contributed by atoms with E-state index in [1.165, 1.54) is 18.4 Å². The number of fused-ring (bicyclic) bond motifs is 3. The van der Waals surface area contributed by atoms with Crippen molar-refractivity contribution in [3.63, 3.8) is 0 Å². The molecule has 206 valence electrons. The number of nitrogens with zero attached hydrogens (tertiary/aromatic N) is 3. The molecule has 2 aromatic carbocycles. The van der Waals surface area contributed by atoms with E-state index in [2.05, 4.69) is 15.0 Å². The van der Waals surface area contributed by atoms with Crippen LogP contribution in [-0.4, -0.2) is 47.9 Å². The highest BCUT2D eigenvalue weighted by atomic mass is 35.5. The Kier molecular flexibility index (Phi) is 6.25. The SMILES string of the molecule is COC(=O)c1cc(F)c2nc(N3CC4CC3CC4OC(=O)c3c(-c4c(Cl)cccc4Cl)noc3C3CC3)sc2c1. The highest BCUT2D eigenvalue weighted by Crippen LogP contribution is 2.48. The van der Waals surface area contributed by atoms with Crippen molar-refractivity contribution in [1.29, 1.82) is 0 Å². The summed E-state index contributed by atoms with van der Waals surface area (Å²) < 4.78 is 31.7. The number of esters is 2. The van der Waals surface area contributed by atoms with E-state index in [9.17, 15) is 14.0 Å². The maximum Gasteiger partial charge on any atom is 0.344 e. The van der Waals surface area contributed by atoms with Gasteiger partial charge < -0.3 is 18.9 Å². The highest BCUT2D eigenvalue weighted by molar-refractivity contribution is 7.22. The molecule has 3 unspecified atom stereocenters. The topological polar surface area (TPSA) is 94.8 Å². The zero-order valence-electron chi connectivity index (χ0n) is 21.2. The van der Waals surface area contributed by atoms with Crippen molar-refractivity contribution in [3.8, 4) is 11.3 Å². The van der Waals surface area contributed by atoms with Crippen molar-refractivity contribution in [2.24, 2.45) is 5.92 Å². The summed E-state index contributed by atoms with van der Waals surface area (Å²) in [7, 11) is 1.26. The van der Waals surface area contributed by atoms with Crippen LogP contribution in [0.1, 0.15) is 58.1 Å². The molecular formula is C28H22Cl2FN3O5S. The van der Waals surface area contributed by atoms with Crippen molar-refractivity contribution in [2.75, 3.05) is 18.6 Å². The Bertz CT molecular complexity index is 1670. The van der Waals surface area contributed by atoms with E-state index in [1.54, 1.807) is 24.3 Å². The molecule has 12 heteroatoms. The number of anilines is 1. The van der Waals surface area contributed by atoms with E-state index in [-0.39, 0.29) is 35.1 Å². The number of carbonyl (C=O) groups is 2. The lowest BCUT2D eigenvalue weighted by Crippen LogP contribution is -2.39.